The number of hydrogen-bond acceptors (Lipinski definition) is 7. The Balaban J connectivity index is 1.49. The average Bonchev–Trinajstić information content (AvgIpc) is 3.56. The van der Waals surface area contributed by atoms with E-state index in [4.69, 9.17) is 4.98 Å². The van der Waals surface area contributed by atoms with E-state index in [0.717, 1.165) is 43.0 Å². The van der Waals surface area contributed by atoms with E-state index < -0.39 is 0 Å². The Morgan fingerprint density at radius 3 is 2.66 bits per heavy atom. The Bertz CT molecular complexity index is 1610. The molecule has 0 saturated carbocycles. The summed E-state index contributed by atoms with van der Waals surface area (Å²) in [7, 11) is 0. The summed E-state index contributed by atoms with van der Waals surface area (Å²) in [4.78, 5) is 34.5. The SMILES string of the molecule is CC(=O)c1ccc(-c2ccnc3nc(-c4[nH]nc5ncc(-c6ccncc6)cc45)[nH]c23)s1. The van der Waals surface area contributed by atoms with Gasteiger partial charge in [-0.05, 0) is 48.9 Å². The zero-order chi connectivity index (χ0) is 21.7. The van der Waals surface area contributed by atoms with Crippen molar-refractivity contribution in [3.63, 3.8) is 0 Å². The van der Waals surface area contributed by atoms with Crippen molar-refractivity contribution in [1.82, 2.24) is 35.1 Å². The number of carbonyl (C=O) groups is 1. The molecule has 0 saturated heterocycles. The van der Waals surface area contributed by atoms with Gasteiger partial charge in [-0.1, -0.05) is 0 Å². The molecule has 2 N–H and O–H groups in total. The van der Waals surface area contributed by atoms with Gasteiger partial charge in [0.15, 0.2) is 22.9 Å². The number of thiophene rings is 1. The number of nitrogens with one attached hydrogen (secondary N) is 2. The van der Waals surface area contributed by atoms with E-state index in [0.29, 0.717) is 17.1 Å². The Kier molecular flexibility index (Phi) is 4.15. The predicted molar refractivity (Wildman–Crippen MR) is 123 cm³/mol. The van der Waals surface area contributed by atoms with E-state index in [1.54, 1.807) is 31.7 Å². The van der Waals surface area contributed by atoms with Gasteiger partial charge in [0.1, 0.15) is 5.69 Å². The van der Waals surface area contributed by atoms with Crippen LogP contribution in [0.4, 0.5) is 0 Å². The number of fused-ring (bicyclic) bond motifs is 2. The molecule has 0 aliphatic carbocycles. The van der Waals surface area contributed by atoms with Crippen molar-refractivity contribution in [3.8, 4) is 33.1 Å². The molecule has 6 aromatic rings. The van der Waals surface area contributed by atoms with Crippen LogP contribution in [0, 0.1) is 0 Å². The number of ketones is 1. The van der Waals surface area contributed by atoms with Crippen molar-refractivity contribution >= 4 is 39.3 Å². The molecule has 0 amide bonds. The number of Topliss-reactive ketones (excluding diaryl/α,β-unsaturated/α-hetero) is 1. The molecule has 0 atom stereocenters. The maximum absolute atomic E-state index is 11.7. The molecular formula is C23H15N7OS. The van der Waals surface area contributed by atoms with Crippen molar-refractivity contribution in [2.75, 3.05) is 0 Å². The molecule has 8 nitrogen and oxygen atoms in total. The number of hydrogen-bond donors (Lipinski definition) is 2. The fraction of sp³-hybridized carbons (Fsp3) is 0.0435. The van der Waals surface area contributed by atoms with Crippen LogP contribution >= 0.6 is 11.3 Å². The first kappa shape index (κ1) is 18.5. The third kappa shape index (κ3) is 2.98. The van der Waals surface area contributed by atoms with Crippen LogP contribution in [0.1, 0.15) is 16.6 Å². The topological polar surface area (TPSA) is 113 Å². The van der Waals surface area contributed by atoms with Gasteiger partial charge in [-0.25, -0.2) is 15.0 Å². The largest absolute Gasteiger partial charge is 0.335 e. The maximum atomic E-state index is 11.7. The summed E-state index contributed by atoms with van der Waals surface area (Å²) in [5.41, 5.74) is 5.68. The molecule has 6 heterocycles. The molecule has 0 aliphatic rings. The molecule has 0 unspecified atom stereocenters. The van der Waals surface area contributed by atoms with Crippen LogP contribution in [0.5, 0.6) is 0 Å². The van der Waals surface area contributed by atoms with Crippen LogP contribution in [0.15, 0.2) is 61.2 Å². The van der Waals surface area contributed by atoms with Crippen molar-refractivity contribution in [1.29, 1.82) is 0 Å². The quantitative estimate of drug-likeness (QED) is 0.380. The number of nitrogens with zero attached hydrogens (tertiary/aromatic N) is 5. The van der Waals surface area contributed by atoms with Gasteiger partial charge < -0.3 is 4.98 Å². The second-order valence-corrected chi connectivity index (χ2v) is 8.38. The first-order valence-corrected chi connectivity index (χ1v) is 10.7. The second-order valence-electron chi connectivity index (χ2n) is 7.29. The molecule has 0 fully saturated rings. The number of carbonyl (C=O) groups excluding carboxylic acids is 1. The summed E-state index contributed by atoms with van der Waals surface area (Å²) in [5.74, 6) is 0.678. The molecule has 0 radical (unpaired) electrons. The molecule has 9 heteroatoms. The predicted octanol–water partition coefficient (Wildman–Crippen LogP) is 4.89. The maximum Gasteiger partial charge on any atom is 0.181 e. The molecule has 6 aromatic heterocycles. The molecule has 0 aromatic carbocycles. The molecule has 32 heavy (non-hydrogen) atoms. The van der Waals surface area contributed by atoms with Gasteiger partial charge in [-0.2, -0.15) is 5.10 Å². The fourth-order valence-corrected chi connectivity index (χ4v) is 4.62. The molecule has 0 bridgehead atoms. The highest BCUT2D eigenvalue weighted by Crippen LogP contribution is 2.34. The number of imidazole rings is 1. The minimum absolute atomic E-state index is 0.0540. The number of aromatic nitrogens is 7. The van der Waals surface area contributed by atoms with Crippen molar-refractivity contribution in [3.05, 3.63) is 66.1 Å². The van der Waals surface area contributed by atoms with E-state index in [1.807, 2.05) is 36.4 Å². The summed E-state index contributed by atoms with van der Waals surface area (Å²) in [6.07, 6.45) is 7.03. The van der Waals surface area contributed by atoms with Gasteiger partial charge in [-0.3, -0.25) is 14.9 Å². The zero-order valence-corrected chi connectivity index (χ0v) is 17.6. The van der Waals surface area contributed by atoms with E-state index in [1.165, 1.54) is 11.3 Å². The summed E-state index contributed by atoms with van der Waals surface area (Å²) in [5, 5.41) is 8.25. The highest BCUT2D eigenvalue weighted by molar-refractivity contribution is 7.17. The van der Waals surface area contributed by atoms with Crippen LogP contribution in [-0.4, -0.2) is 40.9 Å². The lowest BCUT2D eigenvalue weighted by Crippen LogP contribution is -1.84. The van der Waals surface area contributed by atoms with Crippen molar-refractivity contribution in [2.45, 2.75) is 6.92 Å². The van der Waals surface area contributed by atoms with Crippen LogP contribution < -0.4 is 0 Å². The minimum Gasteiger partial charge on any atom is -0.335 e. The van der Waals surface area contributed by atoms with E-state index in [2.05, 4.69) is 30.1 Å². The number of rotatable bonds is 4. The summed E-state index contributed by atoms with van der Waals surface area (Å²) in [6.45, 7) is 1.57. The van der Waals surface area contributed by atoms with Crippen molar-refractivity contribution < 1.29 is 4.79 Å². The summed E-state index contributed by atoms with van der Waals surface area (Å²) < 4.78 is 0. The third-order valence-corrected chi connectivity index (χ3v) is 6.49. The Morgan fingerprint density at radius 1 is 0.969 bits per heavy atom. The fourth-order valence-electron chi connectivity index (χ4n) is 3.69. The second kappa shape index (κ2) is 7.17. The first-order chi connectivity index (χ1) is 15.7. The van der Waals surface area contributed by atoms with E-state index in [9.17, 15) is 4.79 Å². The Hall–Kier alpha value is -4.24. The van der Waals surface area contributed by atoms with Crippen LogP contribution in [0.3, 0.4) is 0 Å². The molecule has 154 valence electrons. The lowest BCUT2D eigenvalue weighted by molar-refractivity contribution is 0.102. The van der Waals surface area contributed by atoms with Gasteiger partial charge in [0.25, 0.3) is 0 Å². The number of H-pyrrole nitrogens is 2. The molecule has 0 aliphatic heterocycles. The highest BCUT2D eigenvalue weighted by atomic mass is 32.1. The van der Waals surface area contributed by atoms with Gasteiger partial charge in [0.2, 0.25) is 0 Å². The van der Waals surface area contributed by atoms with Crippen LogP contribution in [0.2, 0.25) is 0 Å². The Labute approximate surface area is 185 Å². The first-order valence-electron chi connectivity index (χ1n) is 9.88. The average molecular weight is 437 g/mol. The smallest absolute Gasteiger partial charge is 0.181 e. The number of pyridine rings is 3. The van der Waals surface area contributed by atoms with Gasteiger partial charge in [0, 0.05) is 40.8 Å². The van der Waals surface area contributed by atoms with E-state index in [-0.39, 0.29) is 5.78 Å². The highest BCUT2D eigenvalue weighted by Gasteiger charge is 2.17. The Morgan fingerprint density at radius 2 is 1.84 bits per heavy atom. The molecule has 0 spiro atoms. The molecular weight excluding hydrogens is 422 g/mol. The van der Waals surface area contributed by atoms with Gasteiger partial charge >= 0.3 is 0 Å². The zero-order valence-electron chi connectivity index (χ0n) is 16.8. The van der Waals surface area contributed by atoms with Gasteiger partial charge in [0.05, 0.1) is 15.8 Å². The van der Waals surface area contributed by atoms with Gasteiger partial charge in [-0.15, -0.1) is 11.3 Å². The molecule has 6 rings (SSSR count). The summed E-state index contributed by atoms with van der Waals surface area (Å²) >= 11 is 1.46. The summed E-state index contributed by atoms with van der Waals surface area (Å²) in [6, 6.07) is 11.6. The van der Waals surface area contributed by atoms with Crippen LogP contribution in [0.25, 0.3) is 55.3 Å². The standard InChI is InChI=1S/C23H15N7OS/c1-12(31)17-2-3-18(32-17)15-6-9-25-22-19(15)27-23(28-22)20-16-10-14(11-26-21(16)30-29-20)13-4-7-24-8-5-13/h2-11H,1H3,(H,25,27,28)(H,26,29,30). The minimum atomic E-state index is 0.0540. The van der Waals surface area contributed by atoms with Crippen LogP contribution in [-0.2, 0) is 0 Å². The van der Waals surface area contributed by atoms with Crippen molar-refractivity contribution in [2.24, 2.45) is 0 Å². The van der Waals surface area contributed by atoms with E-state index >= 15 is 0 Å². The lowest BCUT2D eigenvalue weighted by atomic mass is 10.1. The number of aromatic amines is 2. The lowest BCUT2D eigenvalue weighted by Gasteiger charge is -2.01. The normalized spacial score (nSPS) is 11.4. The third-order valence-electron chi connectivity index (χ3n) is 5.27. The monoisotopic (exact) mass is 437 g/mol.